The molecule has 2 aliphatic heterocycles. The Hall–Kier alpha value is -0.611. The van der Waals surface area contributed by atoms with Gasteiger partial charge in [0.15, 0.2) is 0 Å². The SMILES string of the molecule is CCC[CH2][Sn](/[CH]=C/c1ccc(C2CC3CCC(N3)C2C(=O)CC)cc1)([CH2]CCC)[CH2]CCC. The number of fused-ring (bicyclic) bond motifs is 2. The Morgan fingerprint density at radius 2 is 1.55 bits per heavy atom. The Morgan fingerprint density at radius 3 is 2.09 bits per heavy atom. The zero-order valence-corrected chi connectivity index (χ0v) is 24.7. The van der Waals surface area contributed by atoms with E-state index in [1.54, 1.807) is 0 Å². The Morgan fingerprint density at radius 1 is 0.939 bits per heavy atom. The molecular weight excluding hydrogens is 509 g/mol. The first-order valence-electron chi connectivity index (χ1n) is 14.1. The number of Topliss-reactive ketones (excluding diaryl/α,β-unsaturated/α-hetero) is 1. The van der Waals surface area contributed by atoms with Gasteiger partial charge in [0.1, 0.15) is 0 Å². The molecule has 2 heterocycles. The number of rotatable bonds is 14. The number of nitrogens with one attached hydrogen (secondary N) is 1. The summed E-state index contributed by atoms with van der Waals surface area (Å²) in [6.45, 7) is 9.08. The molecule has 3 rings (SSSR count). The van der Waals surface area contributed by atoms with Crippen molar-refractivity contribution in [2.75, 3.05) is 0 Å². The van der Waals surface area contributed by atoms with Crippen molar-refractivity contribution in [3.8, 4) is 0 Å². The van der Waals surface area contributed by atoms with Crippen LogP contribution >= 0.6 is 0 Å². The summed E-state index contributed by atoms with van der Waals surface area (Å²) in [5.74, 6) is 1.01. The van der Waals surface area contributed by atoms with E-state index in [1.807, 2.05) is 6.92 Å². The normalized spacial score (nSPS) is 25.1. The third-order valence-corrected chi connectivity index (χ3v) is 22.5. The first-order chi connectivity index (χ1) is 16.1. The predicted octanol–water partition coefficient (Wildman–Crippen LogP) is 8.29. The molecule has 0 amide bonds. The third kappa shape index (κ3) is 7.19. The number of ketones is 1. The first-order valence-corrected chi connectivity index (χ1v) is 21.8. The van der Waals surface area contributed by atoms with Gasteiger partial charge >= 0.3 is 209 Å². The van der Waals surface area contributed by atoms with E-state index in [1.165, 1.54) is 75.8 Å². The molecule has 184 valence electrons. The van der Waals surface area contributed by atoms with Crippen LogP contribution in [0.1, 0.15) is 109 Å². The molecule has 3 heteroatoms. The van der Waals surface area contributed by atoms with Crippen molar-refractivity contribution in [3.63, 3.8) is 0 Å². The van der Waals surface area contributed by atoms with Crippen LogP contribution < -0.4 is 5.32 Å². The minimum absolute atomic E-state index is 0.163. The van der Waals surface area contributed by atoms with Gasteiger partial charge in [-0.25, -0.2) is 0 Å². The van der Waals surface area contributed by atoms with Gasteiger partial charge in [-0.05, 0) is 0 Å². The third-order valence-electron chi connectivity index (χ3n) is 8.48. The van der Waals surface area contributed by atoms with Gasteiger partial charge in [0.25, 0.3) is 0 Å². The average Bonchev–Trinajstić information content (AvgIpc) is 3.23. The van der Waals surface area contributed by atoms with Gasteiger partial charge in [-0.15, -0.1) is 0 Å². The van der Waals surface area contributed by atoms with Crippen molar-refractivity contribution >= 4 is 30.2 Å². The molecule has 0 saturated carbocycles. The summed E-state index contributed by atoms with van der Waals surface area (Å²) in [4.78, 5) is 12.8. The van der Waals surface area contributed by atoms with Crippen molar-refractivity contribution in [2.24, 2.45) is 5.92 Å². The second-order valence-electron chi connectivity index (χ2n) is 10.9. The van der Waals surface area contributed by atoms with Crippen molar-refractivity contribution in [3.05, 3.63) is 39.5 Å². The van der Waals surface area contributed by atoms with E-state index >= 15 is 0 Å². The number of carbonyl (C=O) groups is 1. The number of benzene rings is 1. The maximum atomic E-state index is 12.8. The minimum atomic E-state index is -2.24. The van der Waals surface area contributed by atoms with Gasteiger partial charge in [0.05, 0.1) is 0 Å². The van der Waals surface area contributed by atoms with Gasteiger partial charge in [-0.2, -0.15) is 0 Å². The van der Waals surface area contributed by atoms with Crippen LogP contribution in [-0.4, -0.2) is 36.2 Å². The number of piperidine rings is 1. The quantitative estimate of drug-likeness (QED) is 0.233. The van der Waals surface area contributed by atoms with Crippen LogP contribution in [0.15, 0.2) is 28.4 Å². The van der Waals surface area contributed by atoms with E-state index < -0.39 is 18.4 Å². The molecule has 0 aliphatic carbocycles. The molecule has 1 aromatic rings. The molecule has 1 aromatic carbocycles. The van der Waals surface area contributed by atoms with Crippen LogP contribution in [0.5, 0.6) is 0 Å². The van der Waals surface area contributed by atoms with Crippen LogP contribution in [0.25, 0.3) is 6.08 Å². The molecule has 2 aliphatic rings. The summed E-state index contributed by atoms with van der Waals surface area (Å²) in [5.41, 5.74) is 2.75. The molecule has 0 aromatic heterocycles. The Kier molecular flexibility index (Phi) is 11.0. The van der Waals surface area contributed by atoms with Crippen LogP contribution in [0.3, 0.4) is 0 Å². The fourth-order valence-electron chi connectivity index (χ4n) is 6.42. The van der Waals surface area contributed by atoms with Crippen LogP contribution in [0.4, 0.5) is 0 Å². The van der Waals surface area contributed by atoms with E-state index in [9.17, 15) is 4.79 Å². The molecule has 2 fully saturated rings. The topological polar surface area (TPSA) is 29.1 Å². The molecular formula is C30H49NOSn. The summed E-state index contributed by atoms with van der Waals surface area (Å²) in [6, 6.07) is 10.3. The van der Waals surface area contributed by atoms with Gasteiger partial charge in [0.2, 0.25) is 0 Å². The summed E-state index contributed by atoms with van der Waals surface area (Å²) in [7, 11) is 0. The van der Waals surface area contributed by atoms with Crippen molar-refractivity contribution in [1.29, 1.82) is 0 Å². The number of unbranched alkanes of at least 4 members (excludes halogenated alkanes) is 3. The molecule has 2 bridgehead atoms. The van der Waals surface area contributed by atoms with Gasteiger partial charge in [-0.1, -0.05) is 0 Å². The van der Waals surface area contributed by atoms with E-state index in [-0.39, 0.29) is 5.92 Å². The van der Waals surface area contributed by atoms with Gasteiger partial charge < -0.3 is 0 Å². The molecule has 0 radical (unpaired) electrons. The number of carbonyl (C=O) groups excluding carboxylic acids is 1. The van der Waals surface area contributed by atoms with Crippen LogP contribution in [0, 0.1) is 5.92 Å². The fourth-order valence-corrected chi connectivity index (χ4v) is 20.6. The molecule has 4 unspecified atom stereocenters. The predicted molar refractivity (Wildman–Crippen MR) is 146 cm³/mol. The molecule has 4 atom stereocenters. The molecule has 0 spiro atoms. The van der Waals surface area contributed by atoms with Crippen molar-refractivity contribution in [2.45, 2.75) is 123 Å². The molecule has 2 saturated heterocycles. The molecule has 1 N–H and O–H groups in total. The summed E-state index contributed by atoms with van der Waals surface area (Å²) < 4.78 is 7.36. The van der Waals surface area contributed by atoms with Gasteiger partial charge in [-0.3, -0.25) is 0 Å². The Bertz CT molecular complexity index is 733. The number of hydrogen-bond acceptors (Lipinski definition) is 2. The Balaban J connectivity index is 1.77. The monoisotopic (exact) mass is 559 g/mol. The van der Waals surface area contributed by atoms with Crippen molar-refractivity contribution < 1.29 is 4.79 Å². The van der Waals surface area contributed by atoms with Crippen LogP contribution in [-0.2, 0) is 4.79 Å². The zero-order chi connectivity index (χ0) is 23.7. The van der Waals surface area contributed by atoms with Crippen molar-refractivity contribution in [1.82, 2.24) is 5.32 Å². The van der Waals surface area contributed by atoms with E-state index in [2.05, 4.69) is 60.5 Å². The number of hydrogen-bond donors (Lipinski definition) is 1. The summed E-state index contributed by atoms with van der Waals surface area (Å²) >= 11 is -2.24. The van der Waals surface area contributed by atoms with E-state index in [0.717, 1.165) is 6.42 Å². The summed E-state index contributed by atoms with van der Waals surface area (Å²) in [5, 5.41) is 3.73. The average molecular weight is 558 g/mol. The van der Waals surface area contributed by atoms with E-state index in [0.29, 0.717) is 30.2 Å². The second-order valence-corrected chi connectivity index (χ2v) is 23.9. The maximum absolute atomic E-state index is 12.8. The van der Waals surface area contributed by atoms with Crippen LogP contribution in [0.2, 0.25) is 13.3 Å². The standard InChI is InChI=1S/C18H22NO.3C4H9.Sn/c1-3-12-5-7-13(8-6-12)15-11-14-9-10-16(19-14)18(15)17(20)4-2;3*1-3-4-2;/h1,3,5-8,14-16,18-19H,4,9-11H2,2H3;3*1,3-4H2,2H3;. The fraction of sp³-hybridized carbons (Fsp3) is 0.700. The zero-order valence-electron chi connectivity index (χ0n) is 21.9. The Labute approximate surface area is 208 Å². The second kappa shape index (κ2) is 13.5. The summed E-state index contributed by atoms with van der Waals surface area (Å²) in [6.07, 6.45) is 14.9. The van der Waals surface area contributed by atoms with E-state index in [4.69, 9.17) is 0 Å². The first kappa shape index (κ1) is 27.0. The molecule has 2 nitrogen and oxygen atoms in total. The molecule has 33 heavy (non-hydrogen) atoms. The van der Waals surface area contributed by atoms with Gasteiger partial charge in [0, 0.05) is 0 Å².